The Hall–Kier alpha value is -0.230. The first-order valence-corrected chi connectivity index (χ1v) is 7.69. The summed E-state index contributed by atoms with van der Waals surface area (Å²) in [6, 6.07) is 6.44. The molecule has 1 aliphatic carbocycles. The van der Waals surface area contributed by atoms with Gasteiger partial charge in [0.05, 0.1) is 11.8 Å². The van der Waals surface area contributed by atoms with E-state index in [1.807, 2.05) is 6.33 Å². The van der Waals surface area contributed by atoms with Crippen LogP contribution in [0.5, 0.6) is 0 Å². The van der Waals surface area contributed by atoms with E-state index in [0.717, 1.165) is 12.1 Å². The number of benzene rings is 1. The normalized spacial score (nSPS) is 17.9. The van der Waals surface area contributed by atoms with E-state index in [9.17, 15) is 0 Å². The Labute approximate surface area is 113 Å². The molecule has 2 nitrogen and oxygen atoms in total. The van der Waals surface area contributed by atoms with E-state index < -0.39 is 0 Å². The Morgan fingerprint density at radius 2 is 2.31 bits per heavy atom. The molecule has 0 saturated heterocycles. The van der Waals surface area contributed by atoms with E-state index in [1.165, 1.54) is 23.3 Å². The second-order valence-corrected chi connectivity index (χ2v) is 7.49. The van der Waals surface area contributed by atoms with Crippen molar-refractivity contribution in [1.29, 1.82) is 0 Å². The van der Waals surface area contributed by atoms with E-state index in [-0.39, 0.29) is 0 Å². The molecule has 0 atom stereocenters. The maximum Gasteiger partial charge on any atom is 0.102 e. The molecule has 3 rings (SSSR count). The van der Waals surface area contributed by atoms with Gasteiger partial charge in [-0.05, 0) is 31.2 Å². The van der Waals surface area contributed by atoms with Crippen molar-refractivity contribution in [2.45, 2.75) is 27.7 Å². The number of hydrogen-bond donors (Lipinski definition) is 0. The second kappa shape index (κ2) is 3.91. The summed E-state index contributed by atoms with van der Waals surface area (Å²) in [5.41, 5.74) is 2.42. The molecule has 84 valence electrons. The summed E-state index contributed by atoms with van der Waals surface area (Å²) >= 11 is 4.35. The number of fused-ring (bicyclic) bond motifs is 1. The zero-order valence-corrected chi connectivity index (χ0v) is 12.1. The van der Waals surface area contributed by atoms with Crippen molar-refractivity contribution in [2.75, 3.05) is 6.26 Å². The summed E-state index contributed by atoms with van der Waals surface area (Å²) < 4.78 is 2.80. The van der Waals surface area contributed by atoms with Gasteiger partial charge >= 0.3 is 0 Å². The largest absolute Gasteiger partial charge is 0.329 e. The van der Waals surface area contributed by atoms with Crippen molar-refractivity contribution >= 4 is 45.4 Å². The Morgan fingerprint density at radius 1 is 1.50 bits per heavy atom. The molecule has 1 aliphatic rings. The summed E-state index contributed by atoms with van der Waals surface area (Å²) in [5.74, 6) is 0. The van der Waals surface area contributed by atoms with Crippen molar-refractivity contribution in [3.63, 3.8) is 0 Å². The molecule has 0 bridgehead atoms. The molecule has 1 aromatic carbocycles. The molecule has 0 spiro atoms. The smallest absolute Gasteiger partial charge is 0.102 e. The van der Waals surface area contributed by atoms with Crippen LogP contribution in [0.3, 0.4) is 0 Å². The number of halogens is 1. The Balaban J connectivity index is 2.06. The Bertz CT molecular complexity index is 531. The average molecular weight is 344 g/mol. The zero-order chi connectivity index (χ0) is 11.2. The third kappa shape index (κ3) is 1.86. The molecule has 2 aromatic rings. The molecule has 1 heterocycles. The monoisotopic (exact) mass is 344 g/mol. The van der Waals surface area contributed by atoms with Crippen LogP contribution in [0.25, 0.3) is 11.0 Å². The molecule has 0 amide bonds. The fourth-order valence-corrected chi connectivity index (χ4v) is 3.15. The number of hydrogen-bond acceptors (Lipinski definition) is 2. The van der Waals surface area contributed by atoms with E-state index in [0.29, 0.717) is 3.42 Å². The summed E-state index contributed by atoms with van der Waals surface area (Å²) in [6.07, 6.45) is 6.78. The van der Waals surface area contributed by atoms with Crippen LogP contribution in [-0.2, 0) is 6.54 Å². The lowest BCUT2D eigenvalue weighted by Gasteiger charge is -2.08. The minimum absolute atomic E-state index is 0.501. The average Bonchev–Trinajstić information content (AvgIpc) is 2.87. The lowest BCUT2D eigenvalue weighted by Crippen LogP contribution is -2.08. The molecular formula is C12H13IN2S. The van der Waals surface area contributed by atoms with Crippen molar-refractivity contribution in [1.82, 2.24) is 9.55 Å². The van der Waals surface area contributed by atoms with Gasteiger partial charge in [-0.1, -0.05) is 28.7 Å². The minimum atomic E-state index is 0.501. The third-order valence-corrected chi connectivity index (χ3v) is 5.27. The van der Waals surface area contributed by atoms with E-state index in [2.05, 4.69) is 56.6 Å². The predicted octanol–water partition coefficient (Wildman–Crippen LogP) is 3.73. The molecule has 0 aliphatic heterocycles. The first kappa shape index (κ1) is 10.9. The zero-order valence-electron chi connectivity index (χ0n) is 9.11. The Morgan fingerprint density at radius 3 is 3.00 bits per heavy atom. The maximum absolute atomic E-state index is 4.54. The predicted molar refractivity (Wildman–Crippen MR) is 77.5 cm³/mol. The molecular weight excluding hydrogens is 331 g/mol. The molecule has 1 saturated carbocycles. The van der Waals surface area contributed by atoms with Crippen molar-refractivity contribution in [2.24, 2.45) is 0 Å². The highest BCUT2D eigenvalue weighted by Crippen LogP contribution is 2.46. The van der Waals surface area contributed by atoms with Gasteiger partial charge in [-0.25, -0.2) is 4.98 Å². The van der Waals surface area contributed by atoms with Crippen molar-refractivity contribution in [3.05, 3.63) is 24.5 Å². The van der Waals surface area contributed by atoms with Gasteiger partial charge < -0.3 is 4.57 Å². The fraction of sp³-hybridized carbons (Fsp3) is 0.417. The quantitative estimate of drug-likeness (QED) is 0.480. The molecule has 0 radical (unpaired) electrons. The highest BCUT2D eigenvalue weighted by Gasteiger charge is 2.40. The molecule has 4 heteroatoms. The Kier molecular flexibility index (Phi) is 2.66. The number of imidazole rings is 1. The van der Waals surface area contributed by atoms with E-state index >= 15 is 0 Å². The summed E-state index contributed by atoms with van der Waals surface area (Å²) in [5, 5.41) is 0. The number of rotatable bonds is 3. The molecule has 0 N–H and O–H groups in total. The van der Waals surface area contributed by atoms with Crippen LogP contribution in [0.1, 0.15) is 12.8 Å². The maximum atomic E-state index is 4.54. The van der Waals surface area contributed by atoms with Gasteiger partial charge in [-0.3, -0.25) is 0 Å². The highest BCUT2D eigenvalue weighted by molar-refractivity contribution is 14.1. The van der Waals surface area contributed by atoms with Crippen LogP contribution >= 0.6 is 34.4 Å². The van der Waals surface area contributed by atoms with E-state index in [4.69, 9.17) is 0 Å². The summed E-state index contributed by atoms with van der Waals surface area (Å²) in [7, 11) is 0. The van der Waals surface area contributed by atoms with Gasteiger partial charge in [-0.2, -0.15) is 0 Å². The van der Waals surface area contributed by atoms with Gasteiger partial charge in [0, 0.05) is 14.9 Å². The molecule has 1 fully saturated rings. The summed E-state index contributed by atoms with van der Waals surface area (Å²) in [6.45, 7) is 1.10. The van der Waals surface area contributed by atoms with Crippen LogP contribution in [0.2, 0.25) is 0 Å². The molecule has 0 unspecified atom stereocenters. The lowest BCUT2D eigenvalue weighted by molar-refractivity contribution is 0.696. The lowest BCUT2D eigenvalue weighted by atomic mass is 10.3. The van der Waals surface area contributed by atoms with Gasteiger partial charge in [0.25, 0.3) is 0 Å². The topological polar surface area (TPSA) is 17.8 Å². The summed E-state index contributed by atoms with van der Waals surface area (Å²) in [4.78, 5) is 5.81. The van der Waals surface area contributed by atoms with Gasteiger partial charge in [-0.15, -0.1) is 11.8 Å². The van der Waals surface area contributed by atoms with Crippen molar-refractivity contribution < 1.29 is 0 Å². The van der Waals surface area contributed by atoms with Crippen LogP contribution < -0.4 is 0 Å². The molecule has 1 aromatic heterocycles. The SMILES string of the molecule is CSc1cccc2c1ncn2CC1(I)CC1. The van der Waals surface area contributed by atoms with Crippen LogP contribution in [0.4, 0.5) is 0 Å². The fourth-order valence-electron chi connectivity index (χ4n) is 1.95. The van der Waals surface area contributed by atoms with Crippen LogP contribution in [0, 0.1) is 0 Å². The number of thioether (sulfide) groups is 1. The number of nitrogens with zero attached hydrogens (tertiary/aromatic N) is 2. The second-order valence-electron chi connectivity index (χ2n) is 4.35. The standard InChI is InChI=1S/C12H13IN2S/c1-16-10-4-2-3-9-11(10)14-8-15(9)7-12(13)5-6-12/h2-4,8H,5-7H2,1H3. The first-order chi connectivity index (χ1) is 7.72. The highest BCUT2D eigenvalue weighted by atomic mass is 127. The number of aromatic nitrogens is 2. The third-order valence-electron chi connectivity index (χ3n) is 3.08. The van der Waals surface area contributed by atoms with Crippen LogP contribution in [0.15, 0.2) is 29.4 Å². The van der Waals surface area contributed by atoms with Crippen LogP contribution in [-0.4, -0.2) is 19.2 Å². The van der Waals surface area contributed by atoms with Gasteiger partial charge in [0.2, 0.25) is 0 Å². The number of alkyl halides is 1. The first-order valence-electron chi connectivity index (χ1n) is 5.39. The van der Waals surface area contributed by atoms with Gasteiger partial charge in [0.15, 0.2) is 0 Å². The molecule has 16 heavy (non-hydrogen) atoms. The van der Waals surface area contributed by atoms with E-state index in [1.54, 1.807) is 11.8 Å². The number of para-hydroxylation sites is 1. The van der Waals surface area contributed by atoms with Crippen molar-refractivity contribution in [3.8, 4) is 0 Å². The minimum Gasteiger partial charge on any atom is -0.329 e. The van der Waals surface area contributed by atoms with Gasteiger partial charge in [0.1, 0.15) is 5.52 Å².